The molecule has 2 heterocycles. The Labute approximate surface area is 124 Å². The maximum Gasteiger partial charge on any atom is 0.244 e. The molecule has 2 N–H and O–H groups in total. The molecule has 0 spiro atoms. The fraction of sp³-hybridized carbons (Fsp3) is 0.400. The topological polar surface area (TPSA) is 76.3 Å². The van der Waals surface area contributed by atoms with Gasteiger partial charge in [0.2, 0.25) is 10.0 Å². The number of benzene rings is 1. The predicted molar refractivity (Wildman–Crippen MR) is 82.4 cm³/mol. The van der Waals surface area contributed by atoms with Crippen molar-refractivity contribution in [1.29, 1.82) is 0 Å². The lowest BCUT2D eigenvalue weighted by Gasteiger charge is -2.23. The van der Waals surface area contributed by atoms with Gasteiger partial charge in [-0.25, -0.2) is 8.42 Å². The minimum Gasteiger partial charge on any atom is -0.329 e. The molecule has 0 aliphatic carbocycles. The lowest BCUT2D eigenvalue weighted by atomic mass is 10.1. The monoisotopic (exact) mass is 305 g/mol. The Morgan fingerprint density at radius 3 is 2.95 bits per heavy atom. The average Bonchev–Trinajstić information content (AvgIpc) is 2.97. The Bertz CT molecular complexity index is 774. The van der Waals surface area contributed by atoms with Crippen LogP contribution in [-0.4, -0.2) is 36.8 Å². The first-order valence-corrected chi connectivity index (χ1v) is 8.56. The molecule has 1 aromatic carbocycles. The van der Waals surface area contributed by atoms with Gasteiger partial charge in [-0.2, -0.15) is 4.31 Å². The molecule has 5 nitrogen and oxygen atoms in total. The molecule has 2 aromatic rings. The number of hydrogen-bond acceptors (Lipinski definition) is 4. The highest BCUT2D eigenvalue weighted by Gasteiger charge is 2.35. The molecular formula is C15H19N3O2S. The third-order valence-electron chi connectivity index (χ3n) is 4.11. The van der Waals surface area contributed by atoms with Gasteiger partial charge in [-0.3, -0.25) is 4.98 Å². The minimum absolute atomic E-state index is 0.0944. The molecule has 0 radical (unpaired) electrons. The van der Waals surface area contributed by atoms with Crippen LogP contribution in [0.4, 0.5) is 0 Å². The van der Waals surface area contributed by atoms with Gasteiger partial charge in [0, 0.05) is 30.7 Å². The Morgan fingerprint density at radius 1 is 1.38 bits per heavy atom. The summed E-state index contributed by atoms with van der Waals surface area (Å²) in [5.74, 6) is 0. The fourth-order valence-electron chi connectivity index (χ4n) is 3.00. The molecular weight excluding hydrogens is 286 g/mol. The third kappa shape index (κ3) is 2.33. The van der Waals surface area contributed by atoms with E-state index >= 15 is 0 Å². The van der Waals surface area contributed by atoms with Crippen LogP contribution in [0.5, 0.6) is 0 Å². The van der Waals surface area contributed by atoms with E-state index in [2.05, 4.69) is 4.98 Å². The second-order valence-corrected chi connectivity index (χ2v) is 7.29. The highest BCUT2D eigenvalue weighted by atomic mass is 32.2. The zero-order chi connectivity index (χ0) is 15.0. The molecule has 0 amide bonds. The molecule has 1 fully saturated rings. The van der Waals surface area contributed by atoms with Crippen LogP contribution in [-0.2, 0) is 10.0 Å². The van der Waals surface area contributed by atoms with E-state index < -0.39 is 10.0 Å². The van der Waals surface area contributed by atoms with Gasteiger partial charge in [-0.1, -0.05) is 6.07 Å². The fourth-order valence-corrected chi connectivity index (χ4v) is 4.89. The Morgan fingerprint density at radius 2 is 2.19 bits per heavy atom. The maximum atomic E-state index is 13.0. The van der Waals surface area contributed by atoms with Crippen molar-refractivity contribution in [2.45, 2.75) is 30.7 Å². The molecule has 0 bridgehead atoms. The predicted octanol–water partition coefficient (Wildman–Crippen LogP) is 1.66. The van der Waals surface area contributed by atoms with Crippen molar-refractivity contribution in [3.63, 3.8) is 0 Å². The van der Waals surface area contributed by atoms with E-state index in [1.807, 2.05) is 19.1 Å². The molecule has 1 aliphatic rings. The standard InChI is InChI=1S/C15H19N3O2S/c1-11-6-7-14(13-5-2-8-17-15(11)13)21(19,20)18-9-3-4-12(18)10-16/h2,5-8,12H,3-4,9-10,16H2,1H3/t12-/m0/s1. The van der Waals surface area contributed by atoms with Crippen LogP contribution in [0.25, 0.3) is 10.9 Å². The van der Waals surface area contributed by atoms with Gasteiger partial charge in [0.15, 0.2) is 0 Å². The summed E-state index contributed by atoms with van der Waals surface area (Å²) in [6.07, 6.45) is 3.38. The van der Waals surface area contributed by atoms with Gasteiger partial charge in [0.05, 0.1) is 10.4 Å². The van der Waals surface area contributed by atoms with Crippen molar-refractivity contribution < 1.29 is 8.42 Å². The number of nitrogens with two attached hydrogens (primary N) is 1. The van der Waals surface area contributed by atoms with Crippen LogP contribution in [0.3, 0.4) is 0 Å². The van der Waals surface area contributed by atoms with E-state index in [4.69, 9.17) is 5.73 Å². The molecule has 0 saturated carbocycles. The molecule has 112 valence electrons. The van der Waals surface area contributed by atoms with Crippen LogP contribution in [0.1, 0.15) is 18.4 Å². The number of aromatic nitrogens is 1. The van der Waals surface area contributed by atoms with E-state index in [0.717, 1.165) is 23.9 Å². The van der Waals surface area contributed by atoms with Crippen LogP contribution < -0.4 is 5.73 Å². The Kier molecular flexibility index (Phi) is 3.69. The Hall–Kier alpha value is -1.50. The largest absolute Gasteiger partial charge is 0.329 e. The number of aryl methyl sites for hydroxylation is 1. The van der Waals surface area contributed by atoms with Crippen LogP contribution in [0.2, 0.25) is 0 Å². The first-order chi connectivity index (χ1) is 10.1. The molecule has 6 heteroatoms. The number of pyridine rings is 1. The van der Waals surface area contributed by atoms with Crippen molar-refractivity contribution in [3.8, 4) is 0 Å². The molecule has 1 aliphatic heterocycles. The highest BCUT2D eigenvalue weighted by Crippen LogP contribution is 2.30. The molecule has 0 unspecified atom stereocenters. The number of sulfonamides is 1. The molecule has 1 aromatic heterocycles. The maximum absolute atomic E-state index is 13.0. The highest BCUT2D eigenvalue weighted by molar-refractivity contribution is 7.89. The number of rotatable bonds is 3. The van der Waals surface area contributed by atoms with Crippen molar-refractivity contribution in [3.05, 3.63) is 36.0 Å². The van der Waals surface area contributed by atoms with Gasteiger partial charge in [0.1, 0.15) is 0 Å². The second kappa shape index (κ2) is 5.36. The summed E-state index contributed by atoms with van der Waals surface area (Å²) >= 11 is 0. The third-order valence-corrected chi connectivity index (χ3v) is 6.12. The summed E-state index contributed by atoms with van der Waals surface area (Å²) in [5, 5.41) is 0.681. The van der Waals surface area contributed by atoms with Crippen molar-refractivity contribution in [1.82, 2.24) is 9.29 Å². The second-order valence-electron chi connectivity index (χ2n) is 5.43. The van der Waals surface area contributed by atoms with Crippen molar-refractivity contribution >= 4 is 20.9 Å². The van der Waals surface area contributed by atoms with E-state index in [0.29, 0.717) is 23.4 Å². The summed E-state index contributed by atoms with van der Waals surface area (Å²) in [7, 11) is -3.53. The first-order valence-electron chi connectivity index (χ1n) is 7.12. The molecule has 1 atom stereocenters. The quantitative estimate of drug-likeness (QED) is 0.935. The van der Waals surface area contributed by atoms with Gasteiger partial charge >= 0.3 is 0 Å². The van der Waals surface area contributed by atoms with E-state index in [1.165, 1.54) is 0 Å². The van der Waals surface area contributed by atoms with Gasteiger partial charge in [-0.05, 0) is 43.5 Å². The summed E-state index contributed by atoms with van der Waals surface area (Å²) in [6.45, 7) is 2.84. The smallest absolute Gasteiger partial charge is 0.244 e. The van der Waals surface area contributed by atoms with Crippen LogP contribution in [0, 0.1) is 6.92 Å². The lowest BCUT2D eigenvalue weighted by Crippen LogP contribution is -2.39. The molecule has 1 saturated heterocycles. The number of hydrogen-bond donors (Lipinski definition) is 1. The van der Waals surface area contributed by atoms with Crippen LogP contribution >= 0.6 is 0 Å². The number of fused-ring (bicyclic) bond motifs is 1. The van der Waals surface area contributed by atoms with Crippen molar-refractivity contribution in [2.75, 3.05) is 13.1 Å². The first kappa shape index (κ1) is 14.4. The number of nitrogens with zero attached hydrogens (tertiary/aromatic N) is 2. The lowest BCUT2D eigenvalue weighted by molar-refractivity contribution is 0.393. The molecule has 3 rings (SSSR count). The Balaban J connectivity index is 2.18. The van der Waals surface area contributed by atoms with Crippen LogP contribution in [0.15, 0.2) is 35.4 Å². The zero-order valence-corrected chi connectivity index (χ0v) is 12.8. The summed E-state index contributed by atoms with van der Waals surface area (Å²) in [6, 6.07) is 6.99. The van der Waals surface area contributed by atoms with Gasteiger partial charge in [0.25, 0.3) is 0 Å². The summed E-state index contributed by atoms with van der Waals surface area (Å²) in [4.78, 5) is 4.64. The van der Waals surface area contributed by atoms with Gasteiger partial charge < -0.3 is 5.73 Å². The zero-order valence-electron chi connectivity index (χ0n) is 12.0. The molecule has 21 heavy (non-hydrogen) atoms. The normalized spacial score (nSPS) is 20.2. The van der Waals surface area contributed by atoms with E-state index in [-0.39, 0.29) is 6.04 Å². The summed E-state index contributed by atoms with van der Waals surface area (Å²) in [5.41, 5.74) is 7.43. The summed E-state index contributed by atoms with van der Waals surface area (Å²) < 4.78 is 27.5. The van der Waals surface area contributed by atoms with Gasteiger partial charge in [-0.15, -0.1) is 0 Å². The minimum atomic E-state index is -3.53. The van der Waals surface area contributed by atoms with Crippen molar-refractivity contribution in [2.24, 2.45) is 5.73 Å². The van der Waals surface area contributed by atoms with E-state index in [1.54, 1.807) is 22.6 Å². The average molecular weight is 305 g/mol. The van der Waals surface area contributed by atoms with E-state index in [9.17, 15) is 8.42 Å². The SMILES string of the molecule is Cc1ccc(S(=O)(=O)N2CCC[C@H]2CN)c2cccnc12.